The first kappa shape index (κ1) is 26.6. The molecule has 0 saturated carbocycles. The van der Waals surface area contributed by atoms with Crippen molar-refractivity contribution in [3.63, 3.8) is 0 Å². The normalized spacial score (nSPS) is 17.6. The van der Waals surface area contributed by atoms with Gasteiger partial charge in [-0.15, -0.1) is 11.8 Å². The fourth-order valence-electron chi connectivity index (χ4n) is 5.08. The second-order valence-electron chi connectivity index (χ2n) is 9.63. The molecule has 2 aliphatic heterocycles. The Hall–Kier alpha value is -2.48. The molecule has 2 aromatic rings. The lowest BCUT2D eigenvalue weighted by Gasteiger charge is -2.44. The molecule has 2 aliphatic rings. The van der Waals surface area contributed by atoms with Crippen LogP contribution in [0.1, 0.15) is 77.3 Å². The number of thioether (sulfide) groups is 1. The number of likely N-dealkylation sites (tertiary alicyclic amines) is 1. The second-order valence-corrected chi connectivity index (χ2v) is 11.1. The second kappa shape index (κ2) is 11.3. The van der Waals surface area contributed by atoms with Gasteiger partial charge in [0.2, 0.25) is 0 Å². The maximum absolute atomic E-state index is 13.2. The Morgan fingerprint density at radius 1 is 0.861 bits per heavy atom. The Bertz CT molecular complexity index is 1050. The number of carbonyl (C=O) groups excluding carboxylic acids is 2. The molecule has 2 saturated heterocycles. The van der Waals surface area contributed by atoms with Crippen LogP contribution >= 0.6 is 11.8 Å². The summed E-state index contributed by atoms with van der Waals surface area (Å²) in [5, 5.41) is 0. The summed E-state index contributed by atoms with van der Waals surface area (Å²) in [6.45, 7) is 3.84. The van der Waals surface area contributed by atoms with Gasteiger partial charge in [0.05, 0.1) is 10.4 Å². The van der Waals surface area contributed by atoms with Gasteiger partial charge in [-0.3, -0.25) is 9.59 Å². The molecule has 0 atom stereocenters. The van der Waals surface area contributed by atoms with Crippen molar-refractivity contribution in [3.8, 4) is 0 Å². The third kappa shape index (κ3) is 5.90. The first-order valence-electron chi connectivity index (χ1n) is 12.7. The lowest BCUT2D eigenvalue weighted by atomic mass is 9.99. The van der Waals surface area contributed by atoms with Crippen LogP contribution in [0.25, 0.3) is 0 Å². The number of piperidine rings is 1. The molecular formula is C28H33F3N2O2S. The number of carbonyl (C=O) groups is 2. The lowest BCUT2D eigenvalue weighted by molar-refractivity contribution is -0.137. The highest BCUT2D eigenvalue weighted by molar-refractivity contribution is 8.00. The highest BCUT2D eigenvalue weighted by Gasteiger charge is 2.47. The number of benzene rings is 2. The van der Waals surface area contributed by atoms with Crippen molar-refractivity contribution in [2.45, 2.75) is 62.9 Å². The standard InChI is InChI=1S/C28H33F3N2O2S/c1-2-3-4-5-6-21-7-9-22(10-8-21)25(34)32-17-15-27(16-18-32)33(19-20-36-27)26(35)23-11-13-24(14-12-23)28(29,30)31/h7-14H,2-6,15-20H2,1H3. The van der Waals surface area contributed by atoms with Gasteiger partial charge in [-0.2, -0.15) is 13.2 Å². The van der Waals surface area contributed by atoms with E-state index in [0.29, 0.717) is 38.0 Å². The Morgan fingerprint density at radius 3 is 2.08 bits per heavy atom. The highest BCUT2D eigenvalue weighted by atomic mass is 32.2. The Morgan fingerprint density at radius 2 is 1.47 bits per heavy atom. The van der Waals surface area contributed by atoms with Crippen molar-refractivity contribution < 1.29 is 22.8 Å². The monoisotopic (exact) mass is 518 g/mol. The van der Waals surface area contributed by atoms with Gasteiger partial charge in [0.25, 0.3) is 11.8 Å². The summed E-state index contributed by atoms with van der Waals surface area (Å²) >= 11 is 1.71. The molecule has 0 aliphatic carbocycles. The number of amides is 2. The molecule has 2 amide bonds. The summed E-state index contributed by atoms with van der Waals surface area (Å²) in [5.41, 5.74) is 1.43. The fourth-order valence-corrected chi connectivity index (χ4v) is 6.53. The number of rotatable bonds is 7. The maximum atomic E-state index is 13.2. The molecule has 1 spiro atoms. The average Bonchev–Trinajstić information content (AvgIpc) is 3.29. The van der Waals surface area contributed by atoms with Crippen molar-refractivity contribution >= 4 is 23.6 Å². The first-order chi connectivity index (χ1) is 17.2. The van der Waals surface area contributed by atoms with Crippen LogP contribution in [0.3, 0.4) is 0 Å². The molecule has 0 bridgehead atoms. The summed E-state index contributed by atoms with van der Waals surface area (Å²) in [7, 11) is 0. The van der Waals surface area contributed by atoms with Crippen molar-refractivity contribution in [1.29, 1.82) is 0 Å². The summed E-state index contributed by atoms with van der Waals surface area (Å²) in [5.74, 6) is 0.536. The minimum absolute atomic E-state index is 0.00555. The third-order valence-electron chi connectivity index (χ3n) is 7.23. The van der Waals surface area contributed by atoms with E-state index in [-0.39, 0.29) is 17.4 Å². The largest absolute Gasteiger partial charge is 0.416 e. The topological polar surface area (TPSA) is 40.6 Å². The first-order valence-corrected chi connectivity index (χ1v) is 13.7. The number of unbranched alkanes of at least 4 members (excludes halogenated alkanes) is 3. The number of hydrogen-bond donors (Lipinski definition) is 0. The Labute approximate surface area is 215 Å². The molecule has 0 N–H and O–H groups in total. The van der Waals surface area contributed by atoms with E-state index < -0.39 is 16.6 Å². The zero-order chi connectivity index (χ0) is 25.8. The number of aryl methyl sites for hydroxylation is 1. The van der Waals surface area contributed by atoms with Gasteiger partial charge in [-0.1, -0.05) is 38.3 Å². The van der Waals surface area contributed by atoms with Crippen LogP contribution in [0.2, 0.25) is 0 Å². The molecule has 36 heavy (non-hydrogen) atoms. The number of halogens is 3. The molecule has 0 radical (unpaired) electrons. The average molecular weight is 519 g/mol. The van der Waals surface area contributed by atoms with E-state index in [0.717, 1.165) is 30.7 Å². The molecule has 2 heterocycles. The van der Waals surface area contributed by atoms with Crippen molar-refractivity contribution in [2.75, 3.05) is 25.4 Å². The van der Waals surface area contributed by atoms with Crippen LogP contribution in [-0.2, 0) is 12.6 Å². The molecule has 4 rings (SSSR count). The smallest absolute Gasteiger partial charge is 0.338 e. The summed E-state index contributed by atoms with van der Waals surface area (Å²) in [6.07, 6.45) is 2.73. The predicted molar refractivity (Wildman–Crippen MR) is 137 cm³/mol. The molecule has 2 fully saturated rings. The van der Waals surface area contributed by atoms with Gasteiger partial charge < -0.3 is 9.80 Å². The zero-order valence-electron chi connectivity index (χ0n) is 20.7. The molecule has 0 aromatic heterocycles. The number of nitrogens with zero attached hydrogens (tertiary/aromatic N) is 2. The zero-order valence-corrected chi connectivity index (χ0v) is 21.5. The van der Waals surface area contributed by atoms with E-state index in [1.54, 1.807) is 16.7 Å². The molecule has 8 heteroatoms. The van der Waals surface area contributed by atoms with Gasteiger partial charge in [0, 0.05) is 36.5 Å². The minimum atomic E-state index is -4.43. The van der Waals surface area contributed by atoms with Crippen LogP contribution in [0.5, 0.6) is 0 Å². The van der Waals surface area contributed by atoms with E-state index in [9.17, 15) is 22.8 Å². The quantitative estimate of drug-likeness (QED) is 0.386. The molecule has 194 valence electrons. The van der Waals surface area contributed by atoms with E-state index in [2.05, 4.69) is 6.92 Å². The van der Waals surface area contributed by atoms with Crippen LogP contribution in [0.15, 0.2) is 48.5 Å². The van der Waals surface area contributed by atoms with E-state index in [4.69, 9.17) is 0 Å². The molecule has 4 nitrogen and oxygen atoms in total. The van der Waals surface area contributed by atoms with E-state index in [1.807, 2.05) is 29.2 Å². The van der Waals surface area contributed by atoms with E-state index in [1.165, 1.54) is 37.0 Å². The SMILES string of the molecule is CCCCCCc1ccc(C(=O)N2CCC3(CC2)SCCN3C(=O)c2ccc(C(F)(F)F)cc2)cc1. The number of hydrogen-bond acceptors (Lipinski definition) is 3. The Kier molecular flexibility index (Phi) is 8.33. The minimum Gasteiger partial charge on any atom is -0.338 e. The summed E-state index contributed by atoms with van der Waals surface area (Å²) in [4.78, 5) is 29.6. The van der Waals surface area contributed by atoms with Gasteiger partial charge in [0.15, 0.2) is 0 Å². The highest BCUT2D eigenvalue weighted by Crippen LogP contribution is 2.45. The van der Waals surface area contributed by atoms with Crippen LogP contribution in [0.4, 0.5) is 13.2 Å². The third-order valence-corrected chi connectivity index (χ3v) is 8.79. The lowest BCUT2D eigenvalue weighted by Crippen LogP contribution is -2.53. The van der Waals surface area contributed by atoms with Gasteiger partial charge in [0.1, 0.15) is 0 Å². The van der Waals surface area contributed by atoms with Crippen LogP contribution in [0, 0.1) is 0 Å². The summed E-state index contributed by atoms with van der Waals surface area (Å²) in [6, 6.07) is 12.3. The predicted octanol–water partition coefficient (Wildman–Crippen LogP) is 6.65. The van der Waals surface area contributed by atoms with Gasteiger partial charge >= 0.3 is 6.18 Å². The summed E-state index contributed by atoms with van der Waals surface area (Å²) < 4.78 is 38.7. The molecule has 0 unspecified atom stereocenters. The number of alkyl halides is 3. The molecule has 2 aromatic carbocycles. The fraction of sp³-hybridized carbons (Fsp3) is 0.500. The van der Waals surface area contributed by atoms with Gasteiger partial charge in [-0.05, 0) is 67.6 Å². The van der Waals surface area contributed by atoms with Crippen molar-refractivity contribution in [3.05, 3.63) is 70.8 Å². The van der Waals surface area contributed by atoms with Crippen molar-refractivity contribution in [2.24, 2.45) is 0 Å². The van der Waals surface area contributed by atoms with E-state index >= 15 is 0 Å². The maximum Gasteiger partial charge on any atom is 0.416 e. The van der Waals surface area contributed by atoms with Gasteiger partial charge in [-0.25, -0.2) is 0 Å². The van der Waals surface area contributed by atoms with Crippen molar-refractivity contribution in [1.82, 2.24) is 9.80 Å². The van der Waals surface area contributed by atoms with Crippen LogP contribution in [-0.4, -0.2) is 51.9 Å². The Balaban J connectivity index is 1.36. The van der Waals surface area contributed by atoms with Crippen LogP contribution < -0.4 is 0 Å². The molecular weight excluding hydrogens is 485 g/mol.